The average molecular weight is 408 g/mol. The number of carbonyl (C=O) groups excluding carboxylic acids is 1. The largest absolute Gasteiger partial charge is 0.494 e. The number of halogens is 1. The van der Waals surface area contributed by atoms with Gasteiger partial charge in [0.1, 0.15) is 0 Å². The second-order valence-corrected chi connectivity index (χ2v) is 6.46. The topological polar surface area (TPSA) is 96.8 Å². The Kier molecular flexibility index (Phi) is 4.88. The summed E-state index contributed by atoms with van der Waals surface area (Å²) in [5.41, 5.74) is 2.48. The third-order valence-electron chi connectivity index (χ3n) is 4.30. The lowest BCUT2D eigenvalue weighted by Gasteiger charge is -2.14. The van der Waals surface area contributed by atoms with Gasteiger partial charge in [-0.2, -0.15) is 5.10 Å². The molecule has 2 heterocycles. The van der Waals surface area contributed by atoms with Crippen molar-refractivity contribution in [2.75, 3.05) is 0 Å². The second kappa shape index (κ2) is 7.65. The number of carbonyl (C=O) groups is 1. The number of hydrogen-bond acceptors (Lipinski definition) is 5. The fourth-order valence-electron chi connectivity index (χ4n) is 2.96. The summed E-state index contributed by atoms with van der Waals surface area (Å²) in [5, 5.41) is 15.9. The summed E-state index contributed by atoms with van der Waals surface area (Å²) in [4.78, 5) is 25.0. The summed E-state index contributed by atoms with van der Waals surface area (Å²) in [6, 6.07) is 16.5. The number of benzene rings is 2. The van der Waals surface area contributed by atoms with E-state index in [4.69, 9.17) is 16.0 Å². The Labute approximate surface area is 169 Å². The van der Waals surface area contributed by atoms with Gasteiger partial charge in [-0.15, -0.1) is 0 Å². The lowest BCUT2D eigenvalue weighted by atomic mass is 10.1. The molecule has 4 rings (SSSR count). The normalized spacial score (nSPS) is 11.2. The van der Waals surface area contributed by atoms with E-state index < -0.39 is 11.5 Å². The van der Waals surface area contributed by atoms with E-state index in [-0.39, 0.29) is 17.2 Å². The highest BCUT2D eigenvalue weighted by molar-refractivity contribution is 6.32. The van der Waals surface area contributed by atoms with Crippen molar-refractivity contribution in [3.05, 3.63) is 93.6 Å². The molecule has 2 N–H and O–H groups in total. The molecule has 1 amide bonds. The number of amides is 1. The molecule has 0 aliphatic carbocycles. The van der Waals surface area contributed by atoms with Gasteiger partial charge < -0.3 is 9.52 Å². The fourth-order valence-corrected chi connectivity index (χ4v) is 3.18. The summed E-state index contributed by atoms with van der Waals surface area (Å²) in [7, 11) is 0. The van der Waals surface area contributed by atoms with Crippen LogP contribution in [0.2, 0.25) is 5.02 Å². The van der Waals surface area contributed by atoms with Crippen LogP contribution in [0, 0.1) is 0 Å². The highest BCUT2D eigenvalue weighted by Crippen LogP contribution is 2.28. The Morgan fingerprint density at radius 3 is 2.52 bits per heavy atom. The predicted molar refractivity (Wildman–Crippen MR) is 110 cm³/mol. The maximum absolute atomic E-state index is 13.0. The van der Waals surface area contributed by atoms with E-state index in [2.05, 4.69) is 10.5 Å². The summed E-state index contributed by atoms with van der Waals surface area (Å²) < 4.78 is 6.11. The van der Waals surface area contributed by atoms with Gasteiger partial charge in [0.05, 0.1) is 28.8 Å². The molecule has 0 saturated heterocycles. The zero-order chi connectivity index (χ0) is 20.4. The molecule has 2 aromatic heterocycles. The lowest BCUT2D eigenvalue weighted by Crippen LogP contribution is -2.21. The number of fused-ring (bicyclic) bond motifs is 1. The molecule has 144 valence electrons. The molecule has 0 aliphatic rings. The van der Waals surface area contributed by atoms with Crippen LogP contribution in [0.25, 0.3) is 16.5 Å². The van der Waals surface area contributed by atoms with Gasteiger partial charge in [-0.3, -0.25) is 9.59 Å². The molecule has 0 fully saturated rings. The van der Waals surface area contributed by atoms with Crippen molar-refractivity contribution in [1.82, 2.24) is 9.99 Å². The minimum Gasteiger partial charge on any atom is -0.494 e. The van der Waals surface area contributed by atoms with Crippen LogP contribution in [0.4, 0.5) is 0 Å². The number of nitrogens with one attached hydrogen (secondary N) is 1. The standard InChI is InChI=1S/C21H14ClN3O4/c22-16-8-3-4-9-17(16)25-20(27)14-7-2-1-6-13(14)15(21(25)28)12-23-24-19(26)18-10-5-11-29-18/h1-12,28H,(H,24,26)/b23-12+. The van der Waals surface area contributed by atoms with Gasteiger partial charge >= 0.3 is 5.91 Å². The van der Waals surface area contributed by atoms with Crippen LogP contribution in [0.3, 0.4) is 0 Å². The van der Waals surface area contributed by atoms with E-state index in [1.807, 2.05) is 0 Å². The summed E-state index contributed by atoms with van der Waals surface area (Å²) in [6.07, 6.45) is 2.64. The molecular formula is C21H14ClN3O4. The molecule has 0 radical (unpaired) electrons. The Balaban J connectivity index is 1.85. The highest BCUT2D eigenvalue weighted by Gasteiger charge is 2.18. The van der Waals surface area contributed by atoms with Gasteiger partial charge in [-0.25, -0.2) is 9.99 Å². The van der Waals surface area contributed by atoms with Crippen molar-refractivity contribution in [3.8, 4) is 11.6 Å². The first-order valence-corrected chi connectivity index (χ1v) is 8.94. The molecule has 0 unspecified atom stereocenters. The third-order valence-corrected chi connectivity index (χ3v) is 4.62. The van der Waals surface area contributed by atoms with E-state index in [9.17, 15) is 14.7 Å². The Bertz CT molecular complexity index is 1290. The third kappa shape index (κ3) is 3.39. The Morgan fingerprint density at radius 2 is 1.79 bits per heavy atom. The van der Waals surface area contributed by atoms with Gasteiger partial charge in [0, 0.05) is 10.8 Å². The van der Waals surface area contributed by atoms with Crippen LogP contribution in [0.5, 0.6) is 5.88 Å². The maximum Gasteiger partial charge on any atom is 0.307 e. The second-order valence-electron chi connectivity index (χ2n) is 6.05. The minimum absolute atomic E-state index is 0.0947. The van der Waals surface area contributed by atoms with Crippen molar-refractivity contribution in [2.24, 2.45) is 5.10 Å². The number of aromatic hydroxyl groups is 1. The van der Waals surface area contributed by atoms with Crippen molar-refractivity contribution >= 4 is 34.5 Å². The van der Waals surface area contributed by atoms with Gasteiger partial charge in [0.25, 0.3) is 5.56 Å². The van der Waals surface area contributed by atoms with Gasteiger partial charge in [0.15, 0.2) is 5.76 Å². The molecule has 0 aliphatic heterocycles. The van der Waals surface area contributed by atoms with Crippen LogP contribution in [-0.4, -0.2) is 21.8 Å². The molecule has 4 aromatic rings. The molecule has 7 nitrogen and oxygen atoms in total. The number of pyridine rings is 1. The molecular weight excluding hydrogens is 394 g/mol. The molecule has 0 saturated carbocycles. The Morgan fingerprint density at radius 1 is 1.07 bits per heavy atom. The lowest BCUT2D eigenvalue weighted by molar-refractivity contribution is 0.0927. The van der Waals surface area contributed by atoms with E-state index in [0.29, 0.717) is 21.5 Å². The van der Waals surface area contributed by atoms with E-state index in [1.54, 1.807) is 54.6 Å². The first-order valence-electron chi connectivity index (χ1n) is 8.56. The summed E-state index contributed by atoms with van der Waals surface area (Å²) in [5.74, 6) is -0.801. The number of aromatic nitrogens is 1. The van der Waals surface area contributed by atoms with Crippen LogP contribution in [-0.2, 0) is 0 Å². The summed E-state index contributed by atoms with van der Waals surface area (Å²) >= 11 is 6.24. The molecule has 2 aromatic carbocycles. The number of furan rings is 1. The van der Waals surface area contributed by atoms with Crippen molar-refractivity contribution in [2.45, 2.75) is 0 Å². The molecule has 29 heavy (non-hydrogen) atoms. The van der Waals surface area contributed by atoms with Gasteiger partial charge in [0.2, 0.25) is 5.88 Å². The van der Waals surface area contributed by atoms with Crippen LogP contribution < -0.4 is 11.0 Å². The van der Waals surface area contributed by atoms with Crippen molar-refractivity contribution in [3.63, 3.8) is 0 Å². The molecule has 8 heteroatoms. The first kappa shape index (κ1) is 18.5. The van der Waals surface area contributed by atoms with E-state index >= 15 is 0 Å². The van der Waals surface area contributed by atoms with Crippen LogP contribution in [0.15, 0.2) is 81.2 Å². The SMILES string of the molecule is O=C(N/N=C/c1c(O)n(-c2ccccc2Cl)c(=O)c2ccccc12)c1ccco1. The van der Waals surface area contributed by atoms with Gasteiger partial charge in [-0.05, 0) is 30.3 Å². The number of hydrogen-bond donors (Lipinski definition) is 2. The van der Waals surface area contributed by atoms with Crippen LogP contribution >= 0.6 is 11.6 Å². The van der Waals surface area contributed by atoms with E-state index in [1.165, 1.54) is 18.5 Å². The summed E-state index contributed by atoms with van der Waals surface area (Å²) in [6.45, 7) is 0. The van der Waals surface area contributed by atoms with Crippen LogP contribution in [0.1, 0.15) is 16.1 Å². The molecule has 0 atom stereocenters. The fraction of sp³-hybridized carbons (Fsp3) is 0. The molecule has 0 spiro atoms. The number of rotatable bonds is 4. The van der Waals surface area contributed by atoms with E-state index in [0.717, 1.165) is 4.57 Å². The minimum atomic E-state index is -0.547. The maximum atomic E-state index is 13.0. The average Bonchev–Trinajstić information content (AvgIpc) is 3.27. The first-order chi connectivity index (χ1) is 14.1. The van der Waals surface area contributed by atoms with Crippen molar-refractivity contribution < 1.29 is 14.3 Å². The highest BCUT2D eigenvalue weighted by atomic mass is 35.5. The number of para-hydroxylation sites is 1. The van der Waals surface area contributed by atoms with Crippen molar-refractivity contribution in [1.29, 1.82) is 0 Å². The monoisotopic (exact) mass is 407 g/mol. The smallest absolute Gasteiger partial charge is 0.307 e. The molecule has 0 bridgehead atoms. The quantitative estimate of drug-likeness (QED) is 0.398. The zero-order valence-electron chi connectivity index (χ0n) is 14.9. The number of nitrogens with zero attached hydrogens (tertiary/aromatic N) is 2. The predicted octanol–water partition coefficient (Wildman–Crippen LogP) is 3.71. The Hall–Kier alpha value is -3.84. The van der Waals surface area contributed by atoms with Gasteiger partial charge in [-0.1, -0.05) is 41.9 Å². The number of hydrazone groups is 1. The zero-order valence-corrected chi connectivity index (χ0v) is 15.6.